The van der Waals surface area contributed by atoms with Gasteiger partial charge < -0.3 is 4.57 Å². The van der Waals surface area contributed by atoms with Crippen molar-refractivity contribution in [1.29, 1.82) is 0 Å². The zero-order chi connectivity index (χ0) is 14.3. The van der Waals surface area contributed by atoms with E-state index in [4.69, 9.17) is 23.2 Å². The molecule has 0 aliphatic heterocycles. The second-order valence-corrected chi connectivity index (χ2v) is 6.83. The fraction of sp³-hybridized carbons (Fsp3) is 0.562. The molecule has 108 valence electrons. The lowest BCUT2D eigenvalue weighted by Gasteiger charge is -2.34. The highest BCUT2D eigenvalue weighted by molar-refractivity contribution is 6.31. The summed E-state index contributed by atoms with van der Waals surface area (Å²) in [6.07, 6.45) is 3.74. The molecule has 0 N–H and O–H groups in total. The van der Waals surface area contributed by atoms with Gasteiger partial charge in [-0.3, -0.25) is 0 Å². The predicted molar refractivity (Wildman–Crippen MR) is 85.5 cm³/mol. The van der Waals surface area contributed by atoms with Crippen LogP contribution in [0.5, 0.6) is 0 Å². The summed E-state index contributed by atoms with van der Waals surface area (Å²) in [6.45, 7) is 4.69. The Labute approximate surface area is 130 Å². The summed E-state index contributed by atoms with van der Waals surface area (Å²) >= 11 is 12.3. The molecule has 1 aromatic carbocycles. The van der Waals surface area contributed by atoms with Crippen molar-refractivity contribution >= 4 is 34.2 Å². The van der Waals surface area contributed by atoms with Gasteiger partial charge in [-0.2, -0.15) is 0 Å². The molecule has 0 saturated heterocycles. The van der Waals surface area contributed by atoms with E-state index in [1.54, 1.807) is 0 Å². The number of nitrogens with zero attached hydrogens (tertiary/aromatic N) is 2. The first-order valence-electron chi connectivity index (χ1n) is 7.32. The highest BCUT2D eigenvalue weighted by Crippen LogP contribution is 2.39. The molecular formula is C16H20Cl2N2. The maximum atomic E-state index is 6.17. The third kappa shape index (κ3) is 2.44. The second kappa shape index (κ2) is 5.57. The zero-order valence-corrected chi connectivity index (χ0v) is 13.5. The number of aromatic nitrogens is 2. The van der Waals surface area contributed by atoms with Gasteiger partial charge in [0.2, 0.25) is 0 Å². The molecule has 0 amide bonds. The summed E-state index contributed by atoms with van der Waals surface area (Å²) in [7, 11) is 0. The Kier molecular flexibility index (Phi) is 3.96. The van der Waals surface area contributed by atoms with Crippen LogP contribution in [0.4, 0.5) is 0 Å². The van der Waals surface area contributed by atoms with Crippen LogP contribution in [0.15, 0.2) is 18.2 Å². The molecule has 3 atom stereocenters. The minimum absolute atomic E-state index is 0.449. The second-order valence-electron chi connectivity index (χ2n) is 6.13. The summed E-state index contributed by atoms with van der Waals surface area (Å²) in [5, 5.41) is 0.761. The predicted octanol–water partition coefficient (Wildman–Crippen LogP) is 5.43. The van der Waals surface area contributed by atoms with Crippen LogP contribution in [0.3, 0.4) is 0 Å². The Morgan fingerprint density at radius 3 is 2.80 bits per heavy atom. The van der Waals surface area contributed by atoms with Crippen LogP contribution in [-0.4, -0.2) is 9.55 Å². The molecule has 4 heteroatoms. The van der Waals surface area contributed by atoms with Crippen molar-refractivity contribution in [3.8, 4) is 0 Å². The lowest BCUT2D eigenvalue weighted by molar-refractivity contribution is 0.209. The van der Waals surface area contributed by atoms with Gasteiger partial charge in [0.05, 0.1) is 16.9 Å². The number of hydrogen-bond donors (Lipinski definition) is 0. The van der Waals surface area contributed by atoms with Crippen LogP contribution < -0.4 is 0 Å². The van der Waals surface area contributed by atoms with E-state index in [0.717, 1.165) is 27.8 Å². The van der Waals surface area contributed by atoms with Crippen LogP contribution in [-0.2, 0) is 5.88 Å². The SMILES string of the molecule is CC1CCC(n2c(CCl)nc3ccc(Cl)cc32)C(C)C1. The van der Waals surface area contributed by atoms with E-state index < -0.39 is 0 Å². The number of fused-ring (bicyclic) bond motifs is 1. The van der Waals surface area contributed by atoms with Crippen molar-refractivity contribution in [2.75, 3.05) is 0 Å². The van der Waals surface area contributed by atoms with Crippen molar-refractivity contribution in [2.24, 2.45) is 11.8 Å². The average molecular weight is 311 g/mol. The summed E-state index contributed by atoms with van der Waals surface area (Å²) in [6, 6.07) is 6.39. The topological polar surface area (TPSA) is 17.8 Å². The molecular weight excluding hydrogens is 291 g/mol. The van der Waals surface area contributed by atoms with Crippen molar-refractivity contribution in [2.45, 2.75) is 45.0 Å². The molecule has 2 aromatic rings. The van der Waals surface area contributed by atoms with Gasteiger partial charge in [0.15, 0.2) is 0 Å². The standard InChI is InChI=1S/C16H20Cl2N2/c1-10-3-6-14(11(2)7-10)20-15-8-12(18)4-5-13(15)19-16(20)9-17/h4-5,8,10-11,14H,3,6-7,9H2,1-2H3. The number of imidazole rings is 1. The molecule has 3 rings (SSSR count). The first-order valence-corrected chi connectivity index (χ1v) is 8.23. The van der Waals surface area contributed by atoms with E-state index in [1.807, 2.05) is 18.2 Å². The Hall–Kier alpha value is -0.730. The molecule has 0 bridgehead atoms. The number of rotatable bonds is 2. The molecule has 20 heavy (non-hydrogen) atoms. The van der Waals surface area contributed by atoms with Crippen molar-refractivity contribution < 1.29 is 0 Å². The van der Waals surface area contributed by atoms with E-state index in [-0.39, 0.29) is 0 Å². The monoisotopic (exact) mass is 310 g/mol. The molecule has 1 heterocycles. The molecule has 2 nitrogen and oxygen atoms in total. The van der Waals surface area contributed by atoms with Crippen LogP contribution in [0.2, 0.25) is 5.02 Å². The highest BCUT2D eigenvalue weighted by atomic mass is 35.5. The van der Waals surface area contributed by atoms with E-state index in [2.05, 4.69) is 23.4 Å². The number of alkyl halides is 1. The van der Waals surface area contributed by atoms with Crippen molar-refractivity contribution in [3.63, 3.8) is 0 Å². The van der Waals surface area contributed by atoms with Gasteiger partial charge in [0.25, 0.3) is 0 Å². The summed E-state index contributed by atoms with van der Waals surface area (Å²) in [5.74, 6) is 2.89. The molecule has 1 fully saturated rings. The number of benzene rings is 1. The summed E-state index contributed by atoms with van der Waals surface area (Å²) in [5.41, 5.74) is 2.12. The van der Waals surface area contributed by atoms with Crippen molar-refractivity contribution in [3.05, 3.63) is 29.0 Å². The highest BCUT2D eigenvalue weighted by Gasteiger charge is 2.29. The number of hydrogen-bond acceptors (Lipinski definition) is 1. The largest absolute Gasteiger partial charge is 0.324 e. The fourth-order valence-electron chi connectivity index (χ4n) is 3.61. The Bertz CT molecular complexity index is 620. The summed E-state index contributed by atoms with van der Waals surface area (Å²) < 4.78 is 2.34. The molecule has 1 aliphatic rings. The van der Waals surface area contributed by atoms with Gasteiger partial charge in [-0.1, -0.05) is 25.4 Å². The fourth-order valence-corrected chi connectivity index (χ4v) is 3.97. The van der Waals surface area contributed by atoms with E-state index in [1.165, 1.54) is 19.3 Å². The van der Waals surface area contributed by atoms with E-state index in [9.17, 15) is 0 Å². The van der Waals surface area contributed by atoms with Gasteiger partial charge >= 0.3 is 0 Å². The zero-order valence-electron chi connectivity index (χ0n) is 11.9. The minimum atomic E-state index is 0.449. The van der Waals surface area contributed by atoms with Crippen LogP contribution >= 0.6 is 23.2 Å². The molecule has 0 spiro atoms. The van der Waals surface area contributed by atoms with E-state index >= 15 is 0 Å². The molecule has 1 aliphatic carbocycles. The first kappa shape index (κ1) is 14.2. The lowest BCUT2D eigenvalue weighted by Crippen LogP contribution is -2.25. The Morgan fingerprint density at radius 2 is 2.10 bits per heavy atom. The third-order valence-corrected chi connectivity index (χ3v) is 5.04. The maximum Gasteiger partial charge on any atom is 0.125 e. The lowest BCUT2D eigenvalue weighted by atomic mass is 9.79. The van der Waals surface area contributed by atoms with Crippen LogP contribution in [0.25, 0.3) is 11.0 Å². The average Bonchev–Trinajstić information content (AvgIpc) is 2.76. The van der Waals surface area contributed by atoms with Gasteiger partial charge in [0.1, 0.15) is 5.82 Å². The third-order valence-electron chi connectivity index (χ3n) is 4.56. The van der Waals surface area contributed by atoms with Gasteiger partial charge in [-0.15, -0.1) is 11.6 Å². The minimum Gasteiger partial charge on any atom is -0.324 e. The van der Waals surface area contributed by atoms with Crippen molar-refractivity contribution in [1.82, 2.24) is 9.55 Å². The van der Waals surface area contributed by atoms with Crippen LogP contribution in [0.1, 0.15) is 45.0 Å². The van der Waals surface area contributed by atoms with Gasteiger partial charge in [-0.25, -0.2) is 4.98 Å². The quantitative estimate of drug-likeness (QED) is 0.677. The van der Waals surface area contributed by atoms with Gasteiger partial charge in [-0.05, 0) is 49.3 Å². The molecule has 1 aromatic heterocycles. The maximum absolute atomic E-state index is 6.17. The molecule has 3 unspecified atom stereocenters. The summed E-state index contributed by atoms with van der Waals surface area (Å²) in [4.78, 5) is 4.67. The van der Waals surface area contributed by atoms with Gasteiger partial charge in [0, 0.05) is 11.1 Å². The molecule has 0 radical (unpaired) electrons. The first-order chi connectivity index (χ1) is 9.60. The van der Waals surface area contributed by atoms with Crippen LogP contribution in [0, 0.1) is 11.8 Å². The normalized spacial score (nSPS) is 27.1. The van der Waals surface area contributed by atoms with E-state index in [0.29, 0.717) is 17.8 Å². The Balaban J connectivity index is 2.11. The number of halogens is 2. The smallest absolute Gasteiger partial charge is 0.125 e. The Morgan fingerprint density at radius 1 is 1.30 bits per heavy atom. The molecule has 1 saturated carbocycles.